The average molecular weight is 389 g/mol. The van der Waals surface area contributed by atoms with Crippen molar-refractivity contribution in [2.24, 2.45) is 0 Å². The fourth-order valence-electron chi connectivity index (χ4n) is 3.08. The molecule has 3 heterocycles. The third kappa shape index (κ3) is 3.50. The standard InChI is InChI=1S/C17H19N5O5.CH4/c23-6-11-13(25)14(26)17(27-11)22-8-21-12-15(19-7-20-16(12)22)18-5-9-1-3-10(24)4-2-9;/h1-4,7-8,11,13-14,17,23-26H,5-6H2,(H,18,19,20);1H4/t11-,13?,14+,17-;/m1./s1. The van der Waals surface area contributed by atoms with Gasteiger partial charge in [-0.15, -0.1) is 0 Å². The summed E-state index contributed by atoms with van der Waals surface area (Å²) in [5, 5.41) is 41.9. The van der Waals surface area contributed by atoms with Crippen LogP contribution in [0, 0.1) is 0 Å². The maximum atomic E-state index is 10.2. The summed E-state index contributed by atoms with van der Waals surface area (Å²) in [4.78, 5) is 12.7. The van der Waals surface area contributed by atoms with Crippen LogP contribution < -0.4 is 5.32 Å². The summed E-state index contributed by atoms with van der Waals surface area (Å²) in [5.41, 5.74) is 1.85. The highest BCUT2D eigenvalue weighted by atomic mass is 16.6. The highest BCUT2D eigenvalue weighted by Gasteiger charge is 2.44. The zero-order valence-electron chi connectivity index (χ0n) is 14.2. The molecule has 1 aromatic carbocycles. The van der Waals surface area contributed by atoms with Crippen molar-refractivity contribution in [1.29, 1.82) is 0 Å². The predicted octanol–water partition coefficient (Wildman–Crippen LogP) is 0.392. The minimum absolute atomic E-state index is 0. The molecule has 4 rings (SSSR count). The van der Waals surface area contributed by atoms with Gasteiger partial charge in [0.25, 0.3) is 0 Å². The second-order valence-corrected chi connectivity index (χ2v) is 6.30. The number of phenols is 1. The Morgan fingerprint density at radius 2 is 1.82 bits per heavy atom. The summed E-state index contributed by atoms with van der Waals surface area (Å²) in [7, 11) is 0. The second kappa shape index (κ2) is 8.07. The number of fused-ring (bicyclic) bond motifs is 1. The molecule has 10 nitrogen and oxygen atoms in total. The minimum Gasteiger partial charge on any atom is -0.508 e. The smallest absolute Gasteiger partial charge is 0.167 e. The van der Waals surface area contributed by atoms with Crippen LogP contribution in [0.1, 0.15) is 19.2 Å². The van der Waals surface area contributed by atoms with Crippen molar-refractivity contribution < 1.29 is 25.2 Å². The Morgan fingerprint density at radius 1 is 1.07 bits per heavy atom. The summed E-state index contributed by atoms with van der Waals surface area (Å²) in [6.07, 6.45) is -1.40. The molecular formula is C18H23N5O5. The van der Waals surface area contributed by atoms with Gasteiger partial charge in [-0.1, -0.05) is 19.6 Å². The van der Waals surface area contributed by atoms with E-state index in [1.54, 1.807) is 24.3 Å². The van der Waals surface area contributed by atoms with Gasteiger partial charge in [-0.05, 0) is 17.7 Å². The Morgan fingerprint density at radius 3 is 2.50 bits per heavy atom. The number of aliphatic hydroxyl groups is 3. The van der Waals surface area contributed by atoms with E-state index in [1.165, 1.54) is 17.2 Å². The molecule has 4 atom stereocenters. The maximum Gasteiger partial charge on any atom is 0.167 e. The first-order valence-electron chi connectivity index (χ1n) is 8.40. The average Bonchev–Trinajstić information content (AvgIpc) is 3.23. The molecule has 0 amide bonds. The Bertz CT molecular complexity index is 932. The number of hydrogen-bond donors (Lipinski definition) is 5. The number of nitrogens with one attached hydrogen (secondary N) is 1. The third-order valence-electron chi connectivity index (χ3n) is 4.55. The van der Waals surface area contributed by atoms with E-state index < -0.39 is 31.1 Å². The normalized spacial score (nSPS) is 24.2. The lowest BCUT2D eigenvalue weighted by Gasteiger charge is -2.16. The summed E-state index contributed by atoms with van der Waals surface area (Å²) >= 11 is 0. The first kappa shape index (κ1) is 20.0. The number of nitrogens with zero attached hydrogens (tertiary/aromatic N) is 4. The number of phenolic OH excluding ortho intramolecular Hbond substituents is 1. The highest BCUT2D eigenvalue weighted by Crippen LogP contribution is 2.32. The molecule has 1 saturated heterocycles. The van der Waals surface area contributed by atoms with Crippen LogP contribution in [0.15, 0.2) is 36.9 Å². The fourth-order valence-corrected chi connectivity index (χ4v) is 3.08. The molecule has 3 aromatic rings. The van der Waals surface area contributed by atoms with Gasteiger partial charge in [0.1, 0.15) is 30.4 Å². The van der Waals surface area contributed by atoms with E-state index >= 15 is 0 Å². The van der Waals surface area contributed by atoms with Crippen LogP contribution in [0.4, 0.5) is 5.82 Å². The third-order valence-corrected chi connectivity index (χ3v) is 4.55. The van der Waals surface area contributed by atoms with E-state index in [4.69, 9.17) is 4.74 Å². The van der Waals surface area contributed by atoms with Crippen LogP contribution in [-0.2, 0) is 11.3 Å². The first-order valence-corrected chi connectivity index (χ1v) is 8.40. The number of rotatable bonds is 5. The lowest BCUT2D eigenvalue weighted by Crippen LogP contribution is -2.33. The second-order valence-electron chi connectivity index (χ2n) is 6.30. The van der Waals surface area contributed by atoms with Gasteiger partial charge in [-0.3, -0.25) is 4.57 Å². The van der Waals surface area contributed by atoms with Gasteiger partial charge in [0, 0.05) is 6.54 Å². The van der Waals surface area contributed by atoms with Gasteiger partial charge in [-0.2, -0.15) is 0 Å². The lowest BCUT2D eigenvalue weighted by molar-refractivity contribution is -0.0511. The van der Waals surface area contributed by atoms with Crippen molar-refractivity contribution in [2.45, 2.75) is 38.5 Å². The zero-order valence-corrected chi connectivity index (χ0v) is 14.2. The van der Waals surface area contributed by atoms with E-state index in [0.29, 0.717) is 23.5 Å². The predicted molar refractivity (Wildman–Crippen MR) is 100 cm³/mol. The number of benzene rings is 1. The number of hydrogen-bond acceptors (Lipinski definition) is 9. The molecule has 0 saturated carbocycles. The van der Waals surface area contributed by atoms with Gasteiger partial charge in [-0.25, -0.2) is 15.0 Å². The van der Waals surface area contributed by atoms with E-state index in [9.17, 15) is 20.4 Å². The SMILES string of the molecule is C.OC[C@H]1O[C@@H](n2cnc3c(NCc4ccc(O)cc4)ncnc32)[C@@H](O)C1O. The quantitative estimate of drug-likeness (QED) is 0.418. The summed E-state index contributed by atoms with van der Waals surface area (Å²) in [6, 6.07) is 6.78. The van der Waals surface area contributed by atoms with Crippen molar-refractivity contribution in [3.8, 4) is 5.75 Å². The van der Waals surface area contributed by atoms with Crippen LogP contribution in [0.25, 0.3) is 11.2 Å². The first-order chi connectivity index (χ1) is 13.1. The lowest BCUT2D eigenvalue weighted by atomic mass is 10.1. The van der Waals surface area contributed by atoms with Gasteiger partial charge < -0.3 is 30.5 Å². The number of imidazole rings is 1. The molecule has 1 aliphatic heterocycles. The molecule has 5 N–H and O–H groups in total. The zero-order chi connectivity index (χ0) is 19.0. The largest absolute Gasteiger partial charge is 0.508 e. The molecule has 0 radical (unpaired) electrons. The summed E-state index contributed by atoms with van der Waals surface area (Å²) < 4.78 is 7.04. The van der Waals surface area contributed by atoms with E-state index in [0.717, 1.165) is 5.56 Å². The van der Waals surface area contributed by atoms with Crippen molar-refractivity contribution in [3.05, 3.63) is 42.5 Å². The maximum absolute atomic E-state index is 10.2. The summed E-state index contributed by atoms with van der Waals surface area (Å²) in [5.74, 6) is 0.694. The molecule has 1 unspecified atom stereocenters. The Balaban J connectivity index is 0.00000225. The number of aromatic hydroxyl groups is 1. The number of aliphatic hydroxyl groups excluding tert-OH is 3. The molecule has 2 aromatic heterocycles. The molecule has 28 heavy (non-hydrogen) atoms. The van der Waals surface area contributed by atoms with Gasteiger partial charge in [0.15, 0.2) is 23.2 Å². The Labute approximate surface area is 161 Å². The molecule has 0 bridgehead atoms. The van der Waals surface area contributed by atoms with E-state index in [1.807, 2.05) is 0 Å². The van der Waals surface area contributed by atoms with Crippen LogP contribution in [0.5, 0.6) is 5.75 Å². The van der Waals surface area contributed by atoms with Gasteiger partial charge in [0.2, 0.25) is 0 Å². The molecule has 0 aliphatic carbocycles. The van der Waals surface area contributed by atoms with Crippen LogP contribution in [0.3, 0.4) is 0 Å². The molecular weight excluding hydrogens is 366 g/mol. The molecule has 1 aliphatic rings. The van der Waals surface area contributed by atoms with Gasteiger partial charge in [0.05, 0.1) is 12.9 Å². The highest BCUT2D eigenvalue weighted by molar-refractivity contribution is 5.82. The molecule has 150 valence electrons. The molecule has 10 heteroatoms. The van der Waals surface area contributed by atoms with E-state index in [-0.39, 0.29) is 13.2 Å². The van der Waals surface area contributed by atoms with E-state index in [2.05, 4.69) is 20.3 Å². The Kier molecular flexibility index (Phi) is 5.75. The monoisotopic (exact) mass is 389 g/mol. The molecule has 0 spiro atoms. The van der Waals surface area contributed by atoms with Crippen molar-refractivity contribution in [3.63, 3.8) is 0 Å². The number of anilines is 1. The van der Waals surface area contributed by atoms with Crippen molar-refractivity contribution >= 4 is 17.0 Å². The van der Waals surface area contributed by atoms with Crippen molar-refractivity contribution in [1.82, 2.24) is 19.5 Å². The van der Waals surface area contributed by atoms with Crippen LogP contribution >= 0.6 is 0 Å². The van der Waals surface area contributed by atoms with Crippen LogP contribution in [0.2, 0.25) is 0 Å². The Hall–Kier alpha value is -2.79. The number of ether oxygens (including phenoxy) is 1. The van der Waals surface area contributed by atoms with Crippen molar-refractivity contribution in [2.75, 3.05) is 11.9 Å². The fraction of sp³-hybridized carbons (Fsp3) is 0.389. The number of aromatic nitrogens is 4. The summed E-state index contributed by atoms with van der Waals surface area (Å²) in [6.45, 7) is 0.0584. The molecule has 1 fully saturated rings. The van der Waals surface area contributed by atoms with Crippen LogP contribution in [-0.4, -0.2) is 64.9 Å². The van der Waals surface area contributed by atoms with Gasteiger partial charge >= 0.3 is 0 Å². The minimum atomic E-state index is -1.22. The topological polar surface area (TPSA) is 146 Å².